The van der Waals surface area contributed by atoms with Gasteiger partial charge in [0.1, 0.15) is 0 Å². The molecule has 0 fully saturated rings. The quantitative estimate of drug-likeness (QED) is 0.795. The van der Waals surface area contributed by atoms with E-state index in [1.807, 2.05) is 0 Å². The highest BCUT2D eigenvalue weighted by atomic mass is 35.5. The number of sulfone groups is 1. The molecule has 108 valence electrons. The van der Waals surface area contributed by atoms with Gasteiger partial charge >= 0.3 is 11.4 Å². The third-order valence-corrected chi connectivity index (χ3v) is 4.13. The molecule has 1 atom stereocenters. The SMILES string of the molecule is O=S(=O)(c1ccc(Cl)cc1)C(F)(F)C(F)C(F)(F)F. The molecule has 0 aromatic heterocycles. The molecule has 19 heavy (non-hydrogen) atoms. The van der Waals surface area contributed by atoms with Crippen molar-refractivity contribution in [2.24, 2.45) is 0 Å². The Morgan fingerprint density at radius 3 is 1.79 bits per heavy atom. The lowest BCUT2D eigenvalue weighted by Crippen LogP contribution is -2.47. The van der Waals surface area contributed by atoms with Crippen LogP contribution < -0.4 is 0 Å². The van der Waals surface area contributed by atoms with Crippen LogP contribution in [0.1, 0.15) is 0 Å². The second-order valence-corrected chi connectivity index (χ2v) is 5.88. The molecule has 0 saturated heterocycles. The molecule has 1 aromatic carbocycles. The number of hydrogen-bond donors (Lipinski definition) is 0. The van der Waals surface area contributed by atoms with E-state index >= 15 is 0 Å². The van der Waals surface area contributed by atoms with Crippen molar-refractivity contribution in [3.05, 3.63) is 29.3 Å². The first-order valence-corrected chi connectivity index (χ1v) is 6.35. The number of halogens is 7. The molecule has 0 radical (unpaired) electrons. The van der Waals surface area contributed by atoms with Crippen LogP contribution in [0.3, 0.4) is 0 Å². The van der Waals surface area contributed by atoms with E-state index < -0.39 is 32.3 Å². The third kappa shape index (κ3) is 2.97. The van der Waals surface area contributed by atoms with Gasteiger partial charge in [0.05, 0.1) is 4.90 Å². The van der Waals surface area contributed by atoms with Crippen molar-refractivity contribution in [3.8, 4) is 0 Å². The fourth-order valence-corrected chi connectivity index (χ4v) is 2.44. The maximum atomic E-state index is 13.2. The summed E-state index contributed by atoms with van der Waals surface area (Å²) in [6.45, 7) is 0. The predicted octanol–water partition coefficient (Wildman–Crippen LogP) is 3.61. The van der Waals surface area contributed by atoms with Gasteiger partial charge < -0.3 is 0 Å². The lowest BCUT2D eigenvalue weighted by Gasteiger charge is -2.22. The molecule has 0 amide bonds. The summed E-state index contributed by atoms with van der Waals surface area (Å²) < 4.78 is 97.4. The number of alkyl halides is 6. The van der Waals surface area contributed by atoms with E-state index in [2.05, 4.69) is 0 Å². The zero-order chi connectivity index (χ0) is 15.1. The lowest BCUT2D eigenvalue weighted by atomic mass is 10.4. The summed E-state index contributed by atoms with van der Waals surface area (Å²) >= 11 is 5.37. The molecule has 1 rings (SSSR count). The van der Waals surface area contributed by atoms with Crippen molar-refractivity contribution in [2.75, 3.05) is 0 Å². The minimum atomic E-state index is -6.00. The van der Waals surface area contributed by atoms with Gasteiger partial charge in [0.25, 0.3) is 6.17 Å². The summed E-state index contributed by atoms with van der Waals surface area (Å²) in [4.78, 5) is -1.16. The monoisotopic (exact) mass is 326 g/mol. The van der Waals surface area contributed by atoms with Crippen LogP contribution in [0.2, 0.25) is 5.02 Å². The zero-order valence-electron chi connectivity index (χ0n) is 8.76. The van der Waals surface area contributed by atoms with Crippen LogP contribution in [0.25, 0.3) is 0 Å². The number of benzene rings is 1. The molecule has 1 unspecified atom stereocenters. The van der Waals surface area contributed by atoms with Gasteiger partial charge in [-0.1, -0.05) is 11.6 Å². The maximum Gasteiger partial charge on any atom is 0.426 e. The molecular weight excluding hydrogens is 322 g/mol. The standard InChI is InChI=1S/C9H5ClF6O2S/c10-5-1-3-6(4-2-5)19(17,18)9(15,16)7(11)8(12,13)14/h1-4,7H. The Kier molecular flexibility index (Phi) is 4.12. The van der Waals surface area contributed by atoms with Crippen molar-refractivity contribution < 1.29 is 34.8 Å². The van der Waals surface area contributed by atoms with Gasteiger partial charge in [0.2, 0.25) is 9.84 Å². The topological polar surface area (TPSA) is 34.1 Å². The first-order chi connectivity index (χ1) is 8.40. The normalized spacial score (nSPS) is 15.3. The van der Waals surface area contributed by atoms with E-state index in [1.54, 1.807) is 0 Å². The molecule has 10 heteroatoms. The lowest BCUT2D eigenvalue weighted by molar-refractivity contribution is -0.221. The average Bonchev–Trinajstić information content (AvgIpc) is 2.27. The van der Waals surface area contributed by atoms with E-state index in [0.717, 1.165) is 12.1 Å². The fraction of sp³-hybridized carbons (Fsp3) is 0.333. The largest absolute Gasteiger partial charge is 0.426 e. The van der Waals surface area contributed by atoms with Crippen LogP contribution in [-0.2, 0) is 9.84 Å². The Bertz CT molecular complexity index is 551. The van der Waals surface area contributed by atoms with Crippen molar-refractivity contribution in [1.29, 1.82) is 0 Å². The van der Waals surface area contributed by atoms with Crippen LogP contribution in [0.5, 0.6) is 0 Å². The first-order valence-electron chi connectivity index (χ1n) is 4.49. The maximum absolute atomic E-state index is 13.2. The zero-order valence-corrected chi connectivity index (χ0v) is 10.3. The number of rotatable bonds is 3. The van der Waals surface area contributed by atoms with Crippen molar-refractivity contribution in [2.45, 2.75) is 22.5 Å². The van der Waals surface area contributed by atoms with Crippen molar-refractivity contribution >= 4 is 21.4 Å². The van der Waals surface area contributed by atoms with Crippen LogP contribution in [0.4, 0.5) is 26.3 Å². The van der Waals surface area contributed by atoms with Crippen LogP contribution in [-0.4, -0.2) is 26.0 Å². The van der Waals surface area contributed by atoms with E-state index in [1.165, 1.54) is 0 Å². The predicted molar refractivity (Wildman–Crippen MR) is 54.5 cm³/mol. The summed E-state index contributed by atoms with van der Waals surface area (Å²) in [5.74, 6) is 0. The van der Waals surface area contributed by atoms with E-state index in [9.17, 15) is 34.8 Å². The Morgan fingerprint density at radius 2 is 1.42 bits per heavy atom. The third-order valence-electron chi connectivity index (χ3n) is 2.06. The van der Waals surface area contributed by atoms with Crippen LogP contribution >= 0.6 is 11.6 Å². The Morgan fingerprint density at radius 1 is 1.00 bits per heavy atom. The van der Waals surface area contributed by atoms with E-state index in [-0.39, 0.29) is 5.02 Å². The molecule has 0 N–H and O–H groups in total. The highest BCUT2D eigenvalue weighted by Crippen LogP contribution is 2.41. The molecule has 0 saturated carbocycles. The number of hydrogen-bond acceptors (Lipinski definition) is 2. The summed E-state index contributed by atoms with van der Waals surface area (Å²) in [5.41, 5.74) is 0. The van der Waals surface area contributed by atoms with E-state index in [4.69, 9.17) is 11.6 Å². The molecular formula is C9H5ClF6O2S. The van der Waals surface area contributed by atoms with Gasteiger partial charge in [-0.2, -0.15) is 22.0 Å². The highest BCUT2D eigenvalue weighted by Gasteiger charge is 2.64. The smallest absolute Gasteiger partial charge is 0.229 e. The minimum absolute atomic E-state index is 0.0186. The Balaban J connectivity index is 3.30. The van der Waals surface area contributed by atoms with E-state index in [0.29, 0.717) is 12.1 Å². The highest BCUT2D eigenvalue weighted by molar-refractivity contribution is 7.92. The molecule has 0 heterocycles. The second-order valence-electron chi connectivity index (χ2n) is 3.42. The summed E-state index contributed by atoms with van der Waals surface area (Å²) in [5, 5.41) is -5.64. The van der Waals surface area contributed by atoms with Crippen LogP contribution in [0.15, 0.2) is 29.2 Å². The molecule has 1 aromatic rings. The van der Waals surface area contributed by atoms with Gasteiger partial charge in [-0.05, 0) is 24.3 Å². The van der Waals surface area contributed by atoms with Crippen LogP contribution in [0, 0.1) is 0 Å². The molecule has 0 aliphatic rings. The van der Waals surface area contributed by atoms with Crippen molar-refractivity contribution in [3.63, 3.8) is 0 Å². The second kappa shape index (κ2) is 4.86. The Hall–Kier alpha value is -0.960. The first kappa shape index (κ1) is 16.1. The fourth-order valence-electron chi connectivity index (χ4n) is 1.10. The molecule has 0 spiro atoms. The summed E-state index contributed by atoms with van der Waals surface area (Å²) in [6, 6.07) is 2.89. The van der Waals surface area contributed by atoms with Gasteiger partial charge in [0, 0.05) is 5.02 Å². The molecule has 0 bridgehead atoms. The molecule has 0 aliphatic heterocycles. The molecule has 2 nitrogen and oxygen atoms in total. The minimum Gasteiger partial charge on any atom is -0.229 e. The summed E-state index contributed by atoms with van der Waals surface area (Å²) in [7, 11) is -5.82. The Labute approximate surface area is 108 Å². The average molecular weight is 327 g/mol. The van der Waals surface area contributed by atoms with Crippen molar-refractivity contribution in [1.82, 2.24) is 0 Å². The van der Waals surface area contributed by atoms with Gasteiger partial charge in [-0.15, -0.1) is 0 Å². The van der Waals surface area contributed by atoms with Gasteiger partial charge in [-0.25, -0.2) is 12.8 Å². The van der Waals surface area contributed by atoms with Gasteiger partial charge in [-0.3, -0.25) is 0 Å². The molecule has 0 aliphatic carbocycles. The summed E-state index contributed by atoms with van der Waals surface area (Å²) in [6.07, 6.45) is -10.8. The van der Waals surface area contributed by atoms with Gasteiger partial charge in [0.15, 0.2) is 0 Å².